The van der Waals surface area contributed by atoms with Crippen molar-refractivity contribution in [1.82, 2.24) is 14.8 Å². The van der Waals surface area contributed by atoms with Crippen LogP contribution >= 0.6 is 11.8 Å². The smallest absolute Gasteiger partial charge is 0.234 e. The molecule has 1 heterocycles. The minimum absolute atomic E-state index is 0.130. The van der Waals surface area contributed by atoms with Gasteiger partial charge in [0.25, 0.3) is 0 Å². The molecule has 1 atom stereocenters. The maximum Gasteiger partial charge on any atom is 0.234 e. The topological polar surface area (TPSA) is 80.0 Å². The van der Waals surface area contributed by atoms with Crippen molar-refractivity contribution in [1.29, 1.82) is 0 Å². The molecule has 0 aliphatic carbocycles. The number of aliphatic hydroxyl groups excluding tert-OH is 1. The van der Waals surface area contributed by atoms with Gasteiger partial charge in [0, 0.05) is 11.4 Å². The highest BCUT2D eigenvalue weighted by Crippen LogP contribution is 2.28. The Bertz CT molecular complexity index is 1210. The van der Waals surface area contributed by atoms with Gasteiger partial charge in [0.1, 0.15) is 6.10 Å². The maximum atomic E-state index is 12.6. The van der Waals surface area contributed by atoms with E-state index in [1.165, 1.54) is 11.8 Å². The first-order valence-electron chi connectivity index (χ1n) is 10.3. The molecule has 7 heteroatoms. The fourth-order valence-electron chi connectivity index (χ4n) is 3.43. The number of carbonyl (C=O) groups excluding carboxylic acids is 1. The van der Waals surface area contributed by atoms with E-state index in [0.29, 0.717) is 11.0 Å². The van der Waals surface area contributed by atoms with Gasteiger partial charge in [-0.3, -0.25) is 9.36 Å². The average molecular weight is 445 g/mol. The molecule has 0 bridgehead atoms. The van der Waals surface area contributed by atoms with E-state index in [9.17, 15) is 9.90 Å². The highest BCUT2D eigenvalue weighted by molar-refractivity contribution is 7.99. The second kappa shape index (κ2) is 9.80. The number of nitrogens with one attached hydrogen (secondary N) is 1. The summed E-state index contributed by atoms with van der Waals surface area (Å²) in [4.78, 5) is 12.6. The summed E-state index contributed by atoms with van der Waals surface area (Å²) in [7, 11) is 0. The highest BCUT2D eigenvalue weighted by Gasteiger charge is 2.22. The molecular weight excluding hydrogens is 420 g/mol. The zero-order valence-corrected chi connectivity index (χ0v) is 18.7. The van der Waals surface area contributed by atoms with Crippen molar-refractivity contribution in [2.45, 2.75) is 25.1 Å². The lowest BCUT2D eigenvalue weighted by Gasteiger charge is -2.14. The van der Waals surface area contributed by atoms with Crippen LogP contribution in [-0.4, -0.2) is 31.5 Å². The third-order valence-corrected chi connectivity index (χ3v) is 5.95. The van der Waals surface area contributed by atoms with Crippen molar-refractivity contribution >= 4 is 23.4 Å². The lowest BCUT2D eigenvalue weighted by Crippen LogP contribution is -2.15. The first-order valence-corrected chi connectivity index (χ1v) is 11.2. The number of hydrogen-bond acceptors (Lipinski definition) is 5. The molecule has 4 rings (SSSR count). The number of rotatable bonds is 7. The van der Waals surface area contributed by atoms with Crippen LogP contribution in [0.4, 0.5) is 5.69 Å². The second-order valence-corrected chi connectivity index (χ2v) is 8.42. The Hall–Kier alpha value is -3.42. The van der Waals surface area contributed by atoms with Gasteiger partial charge in [-0.2, -0.15) is 0 Å². The number of aliphatic hydroxyl groups is 1. The van der Waals surface area contributed by atoms with Crippen LogP contribution in [0.15, 0.2) is 84.0 Å². The Labute approximate surface area is 191 Å². The number of anilines is 1. The molecule has 0 aliphatic rings. The molecule has 4 aromatic rings. The maximum absolute atomic E-state index is 12.6. The van der Waals surface area contributed by atoms with Gasteiger partial charge in [-0.25, -0.2) is 0 Å². The molecule has 3 aromatic carbocycles. The summed E-state index contributed by atoms with van der Waals surface area (Å²) in [5.74, 6) is 0.439. The van der Waals surface area contributed by atoms with E-state index in [1.54, 1.807) is 4.57 Å². The summed E-state index contributed by atoms with van der Waals surface area (Å²) in [6.07, 6.45) is -0.942. The minimum atomic E-state index is -0.942. The molecule has 0 spiro atoms. The van der Waals surface area contributed by atoms with E-state index in [0.717, 1.165) is 28.1 Å². The number of benzene rings is 3. The van der Waals surface area contributed by atoms with Crippen LogP contribution in [-0.2, 0) is 4.79 Å². The molecule has 1 aromatic heterocycles. The summed E-state index contributed by atoms with van der Waals surface area (Å²) in [5.41, 5.74) is 4.51. The zero-order valence-electron chi connectivity index (χ0n) is 17.9. The summed E-state index contributed by atoms with van der Waals surface area (Å²) in [6, 6.07) is 24.8. The Balaban J connectivity index is 1.57. The minimum Gasteiger partial charge on any atom is -0.380 e. The van der Waals surface area contributed by atoms with Gasteiger partial charge in [-0.05, 0) is 43.2 Å². The van der Waals surface area contributed by atoms with Crippen molar-refractivity contribution in [3.8, 4) is 5.69 Å². The second-order valence-electron chi connectivity index (χ2n) is 7.48. The van der Waals surface area contributed by atoms with E-state index in [-0.39, 0.29) is 11.7 Å². The molecule has 0 aliphatic heterocycles. The van der Waals surface area contributed by atoms with Crippen LogP contribution in [0.3, 0.4) is 0 Å². The van der Waals surface area contributed by atoms with Gasteiger partial charge in [0.2, 0.25) is 5.91 Å². The monoisotopic (exact) mass is 444 g/mol. The van der Waals surface area contributed by atoms with Gasteiger partial charge in [-0.1, -0.05) is 78.0 Å². The summed E-state index contributed by atoms with van der Waals surface area (Å²) < 4.78 is 1.80. The van der Waals surface area contributed by atoms with E-state index in [4.69, 9.17) is 0 Å². The van der Waals surface area contributed by atoms with Gasteiger partial charge in [0.05, 0.1) is 5.75 Å². The predicted molar refractivity (Wildman–Crippen MR) is 127 cm³/mol. The summed E-state index contributed by atoms with van der Waals surface area (Å²) in [6.45, 7) is 3.99. The van der Waals surface area contributed by atoms with Crippen LogP contribution in [0, 0.1) is 13.8 Å². The molecule has 1 amide bonds. The number of carbonyl (C=O) groups is 1. The molecule has 0 radical (unpaired) electrons. The summed E-state index contributed by atoms with van der Waals surface area (Å²) in [5, 5.41) is 23.0. The van der Waals surface area contributed by atoms with Crippen molar-refractivity contribution < 1.29 is 9.90 Å². The highest BCUT2D eigenvalue weighted by atomic mass is 32.2. The Morgan fingerprint density at radius 1 is 1.00 bits per heavy atom. The fourth-order valence-corrected chi connectivity index (χ4v) is 4.19. The normalized spacial score (nSPS) is 11.8. The molecular formula is C25H24N4O2S. The van der Waals surface area contributed by atoms with Crippen LogP contribution in [0.5, 0.6) is 0 Å². The molecule has 32 heavy (non-hydrogen) atoms. The first kappa shape index (κ1) is 21.8. The Morgan fingerprint density at radius 3 is 2.38 bits per heavy atom. The SMILES string of the molecule is Cc1ccc(NC(=O)CSc2nnc(C(O)c3ccccc3)n2-c2ccccc2)c(C)c1. The van der Waals surface area contributed by atoms with Crippen molar-refractivity contribution in [3.63, 3.8) is 0 Å². The molecule has 1 unspecified atom stereocenters. The molecule has 2 N–H and O–H groups in total. The molecule has 0 saturated carbocycles. The predicted octanol–water partition coefficient (Wildman–Crippen LogP) is 4.70. The van der Waals surface area contributed by atoms with E-state index in [2.05, 4.69) is 15.5 Å². The van der Waals surface area contributed by atoms with Gasteiger partial charge >= 0.3 is 0 Å². The molecule has 0 fully saturated rings. The van der Waals surface area contributed by atoms with Crippen LogP contribution in [0.1, 0.15) is 28.6 Å². The third-order valence-electron chi connectivity index (χ3n) is 5.02. The van der Waals surface area contributed by atoms with Gasteiger partial charge in [0.15, 0.2) is 11.0 Å². The average Bonchev–Trinajstić information content (AvgIpc) is 3.24. The third kappa shape index (κ3) is 4.90. The van der Waals surface area contributed by atoms with Gasteiger partial charge in [-0.15, -0.1) is 10.2 Å². The quantitative estimate of drug-likeness (QED) is 0.404. The largest absolute Gasteiger partial charge is 0.380 e. The zero-order chi connectivity index (χ0) is 22.5. The molecule has 0 saturated heterocycles. The number of hydrogen-bond donors (Lipinski definition) is 2. The molecule has 162 valence electrons. The van der Waals surface area contributed by atoms with Gasteiger partial charge < -0.3 is 10.4 Å². The standard InChI is InChI=1S/C25H24N4O2S/c1-17-13-14-21(18(2)15-17)26-22(30)16-32-25-28-27-24(23(31)19-9-5-3-6-10-19)29(25)20-11-7-4-8-12-20/h3-15,23,31H,16H2,1-2H3,(H,26,30). The Morgan fingerprint density at radius 2 is 1.69 bits per heavy atom. The van der Waals surface area contributed by atoms with Crippen LogP contribution in [0.2, 0.25) is 0 Å². The van der Waals surface area contributed by atoms with E-state index >= 15 is 0 Å². The number of amides is 1. The van der Waals surface area contributed by atoms with Crippen LogP contribution in [0.25, 0.3) is 5.69 Å². The van der Waals surface area contributed by atoms with Crippen molar-refractivity contribution in [2.75, 3.05) is 11.1 Å². The number of aryl methyl sites for hydroxylation is 2. The number of para-hydroxylation sites is 1. The van der Waals surface area contributed by atoms with Crippen molar-refractivity contribution in [3.05, 3.63) is 101 Å². The number of nitrogens with zero attached hydrogens (tertiary/aromatic N) is 3. The number of aromatic nitrogens is 3. The molecule has 6 nitrogen and oxygen atoms in total. The lowest BCUT2D eigenvalue weighted by atomic mass is 10.1. The fraction of sp³-hybridized carbons (Fsp3) is 0.160. The summed E-state index contributed by atoms with van der Waals surface area (Å²) >= 11 is 1.28. The van der Waals surface area contributed by atoms with Crippen LogP contribution < -0.4 is 5.32 Å². The van der Waals surface area contributed by atoms with Crippen molar-refractivity contribution in [2.24, 2.45) is 0 Å². The van der Waals surface area contributed by atoms with E-state index in [1.807, 2.05) is 92.7 Å². The van der Waals surface area contributed by atoms with E-state index < -0.39 is 6.10 Å². The number of thioether (sulfide) groups is 1. The Kier molecular flexibility index (Phi) is 6.68. The first-order chi connectivity index (χ1) is 15.5. The lowest BCUT2D eigenvalue weighted by molar-refractivity contribution is -0.113.